The number of hydrogen-bond donors (Lipinski definition) is 2. The number of rotatable bonds is 6. The quantitative estimate of drug-likeness (QED) is 0.851. The lowest BCUT2D eigenvalue weighted by Crippen LogP contribution is -2.25. The first-order valence-electron chi connectivity index (χ1n) is 8.00. The predicted octanol–water partition coefficient (Wildman–Crippen LogP) is 3.79. The average molecular weight is 312 g/mol. The fraction of sp³-hybridized carbons (Fsp3) is 0.389. The van der Waals surface area contributed by atoms with Crippen LogP contribution in [-0.2, 0) is 0 Å². The molecule has 0 atom stereocenters. The Hall–Kier alpha value is -2.43. The maximum atomic E-state index is 12.1. The number of nitrogens with one attached hydrogen (secondary N) is 2. The molecule has 5 nitrogen and oxygen atoms in total. The first-order valence-corrected chi connectivity index (χ1v) is 8.00. The standard InChI is InChI=1S/C18H24N4O/c1-5-10-19-17(23)16-11-13(4)20-18(22-16)21-15-8-6-14(7-9-15)12(2)3/h6-9,11-12H,5,10H2,1-4H3,(H,19,23)(H,20,21,22). The zero-order chi connectivity index (χ0) is 16.8. The minimum absolute atomic E-state index is 0.171. The molecule has 2 N–H and O–H groups in total. The Bertz CT molecular complexity index is 665. The van der Waals surface area contributed by atoms with Crippen molar-refractivity contribution in [2.45, 2.75) is 40.0 Å². The van der Waals surface area contributed by atoms with Crippen molar-refractivity contribution in [2.24, 2.45) is 0 Å². The number of amides is 1. The highest BCUT2D eigenvalue weighted by molar-refractivity contribution is 5.92. The minimum Gasteiger partial charge on any atom is -0.351 e. The minimum atomic E-state index is -0.171. The Morgan fingerprint density at radius 2 is 1.87 bits per heavy atom. The molecular formula is C18H24N4O. The Morgan fingerprint density at radius 1 is 1.17 bits per heavy atom. The van der Waals surface area contributed by atoms with E-state index in [0.29, 0.717) is 24.1 Å². The molecule has 0 radical (unpaired) electrons. The summed E-state index contributed by atoms with van der Waals surface area (Å²) in [5.74, 6) is 0.757. The monoisotopic (exact) mass is 312 g/mol. The van der Waals surface area contributed by atoms with Gasteiger partial charge >= 0.3 is 0 Å². The van der Waals surface area contributed by atoms with Gasteiger partial charge in [-0.05, 0) is 43.0 Å². The maximum absolute atomic E-state index is 12.1. The summed E-state index contributed by atoms with van der Waals surface area (Å²) in [6, 6.07) is 9.85. The van der Waals surface area contributed by atoms with Crippen LogP contribution >= 0.6 is 0 Å². The molecule has 1 amide bonds. The van der Waals surface area contributed by atoms with Crippen molar-refractivity contribution in [3.63, 3.8) is 0 Å². The van der Waals surface area contributed by atoms with E-state index in [4.69, 9.17) is 0 Å². The third-order valence-electron chi connectivity index (χ3n) is 3.46. The third kappa shape index (κ3) is 4.77. The molecule has 0 spiro atoms. The van der Waals surface area contributed by atoms with Gasteiger partial charge in [-0.25, -0.2) is 9.97 Å². The molecule has 1 aromatic carbocycles. The second-order valence-electron chi connectivity index (χ2n) is 5.88. The van der Waals surface area contributed by atoms with Crippen LogP contribution in [0.2, 0.25) is 0 Å². The van der Waals surface area contributed by atoms with Crippen molar-refractivity contribution in [3.8, 4) is 0 Å². The molecule has 0 saturated heterocycles. The first kappa shape index (κ1) is 16.9. The van der Waals surface area contributed by atoms with E-state index in [-0.39, 0.29) is 5.91 Å². The number of anilines is 2. The first-order chi connectivity index (χ1) is 11.0. The van der Waals surface area contributed by atoms with E-state index in [1.165, 1.54) is 5.56 Å². The van der Waals surface area contributed by atoms with Crippen molar-refractivity contribution in [1.82, 2.24) is 15.3 Å². The number of nitrogens with zero attached hydrogens (tertiary/aromatic N) is 2. The van der Waals surface area contributed by atoms with E-state index in [2.05, 4.69) is 46.6 Å². The van der Waals surface area contributed by atoms with E-state index < -0.39 is 0 Å². The van der Waals surface area contributed by atoms with Gasteiger partial charge in [0.2, 0.25) is 5.95 Å². The normalized spacial score (nSPS) is 10.7. The summed E-state index contributed by atoms with van der Waals surface area (Å²) in [6.45, 7) is 8.83. The van der Waals surface area contributed by atoms with Gasteiger partial charge in [-0.1, -0.05) is 32.9 Å². The number of hydrogen-bond acceptors (Lipinski definition) is 4. The second kappa shape index (κ2) is 7.72. The lowest BCUT2D eigenvalue weighted by Gasteiger charge is -2.10. The molecule has 0 aliphatic carbocycles. The zero-order valence-electron chi connectivity index (χ0n) is 14.2. The Labute approximate surface area is 137 Å². The van der Waals surface area contributed by atoms with Gasteiger partial charge in [0.25, 0.3) is 5.91 Å². The molecule has 1 heterocycles. The van der Waals surface area contributed by atoms with Crippen molar-refractivity contribution >= 4 is 17.5 Å². The van der Waals surface area contributed by atoms with Gasteiger partial charge < -0.3 is 10.6 Å². The van der Waals surface area contributed by atoms with Gasteiger partial charge in [-0.2, -0.15) is 0 Å². The zero-order valence-corrected chi connectivity index (χ0v) is 14.2. The molecule has 0 unspecified atom stereocenters. The highest BCUT2D eigenvalue weighted by Crippen LogP contribution is 2.19. The van der Waals surface area contributed by atoms with Crippen molar-refractivity contribution in [2.75, 3.05) is 11.9 Å². The highest BCUT2D eigenvalue weighted by atomic mass is 16.1. The molecule has 0 saturated carbocycles. The fourth-order valence-electron chi connectivity index (χ4n) is 2.15. The molecule has 1 aromatic heterocycles. The van der Waals surface area contributed by atoms with Crippen LogP contribution in [0.15, 0.2) is 30.3 Å². The highest BCUT2D eigenvalue weighted by Gasteiger charge is 2.10. The van der Waals surface area contributed by atoms with E-state index in [1.807, 2.05) is 26.0 Å². The summed E-state index contributed by atoms with van der Waals surface area (Å²) in [4.78, 5) is 20.7. The summed E-state index contributed by atoms with van der Waals surface area (Å²) < 4.78 is 0. The Kier molecular flexibility index (Phi) is 5.68. The van der Waals surface area contributed by atoms with Gasteiger partial charge in [0.05, 0.1) is 0 Å². The number of aryl methyl sites for hydroxylation is 1. The van der Waals surface area contributed by atoms with Gasteiger partial charge in [0.1, 0.15) is 5.69 Å². The van der Waals surface area contributed by atoms with Gasteiger partial charge in [-0.3, -0.25) is 4.79 Å². The number of benzene rings is 1. The molecule has 0 aliphatic rings. The lowest BCUT2D eigenvalue weighted by molar-refractivity contribution is 0.0948. The summed E-state index contributed by atoms with van der Waals surface area (Å²) in [5.41, 5.74) is 3.32. The van der Waals surface area contributed by atoms with Crippen LogP contribution in [-0.4, -0.2) is 22.4 Å². The topological polar surface area (TPSA) is 66.9 Å². The van der Waals surface area contributed by atoms with Crippen LogP contribution in [0, 0.1) is 6.92 Å². The van der Waals surface area contributed by atoms with E-state index in [1.54, 1.807) is 6.07 Å². The summed E-state index contributed by atoms with van der Waals surface area (Å²) in [6.07, 6.45) is 0.892. The molecular weight excluding hydrogens is 288 g/mol. The molecule has 23 heavy (non-hydrogen) atoms. The van der Waals surface area contributed by atoms with Crippen LogP contribution in [0.4, 0.5) is 11.6 Å². The van der Waals surface area contributed by atoms with Gasteiger partial charge in [0, 0.05) is 17.9 Å². The molecule has 5 heteroatoms. The second-order valence-corrected chi connectivity index (χ2v) is 5.88. The van der Waals surface area contributed by atoms with E-state index in [0.717, 1.165) is 17.8 Å². The lowest BCUT2D eigenvalue weighted by atomic mass is 10.0. The molecule has 0 fully saturated rings. The molecule has 0 bridgehead atoms. The predicted molar refractivity (Wildman–Crippen MR) is 93.2 cm³/mol. The Morgan fingerprint density at radius 3 is 2.48 bits per heavy atom. The molecule has 2 aromatic rings. The van der Waals surface area contributed by atoms with Crippen LogP contribution in [0.1, 0.15) is 54.9 Å². The van der Waals surface area contributed by atoms with Crippen LogP contribution < -0.4 is 10.6 Å². The van der Waals surface area contributed by atoms with Crippen molar-refractivity contribution < 1.29 is 4.79 Å². The summed E-state index contributed by atoms with van der Waals surface area (Å²) >= 11 is 0. The summed E-state index contributed by atoms with van der Waals surface area (Å²) in [5, 5.41) is 5.99. The molecule has 122 valence electrons. The van der Waals surface area contributed by atoms with Crippen LogP contribution in [0.3, 0.4) is 0 Å². The number of carbonyl (C=O) groups excluding carboxylic acids is 1. The van der Waals surface area contributed by atoms with E-state index in [9.17, 15) is 4.79 Å². The molecule has 0 aliphatic heterocycles. The SMILES string of the molecule is CCCNC(=O)c1cc(C)nc(Nc2ccc(C(C)C)cc2)n1. The van der Waals surface area contributed by atoms with E-state index >= 15 is 0 Å². The summed E-state index contributed by atoms with van der Waals surface area (Å²) in [7, 11) is 0. The van der Waals surface area contributed by atoms with Crippen molar-refractivity contribution in [1.29, 1.82) is 0 Å². The Balaban J connectivity index is 2.16. The largest absolute Gasteiger partial charge is 0.351 e. The number of carbonyl (C=O) groups is 1. The number of aromatic nitrogens is 2. The van der Waals surface area contributed by atoms with Crippen molar-refractivity contribution in [3.05, 3.63) is 47.3 Å². The fourth-order valence-corrected chi connectivity index (χ4v) is 2.15. The average Bonchev–Trinajstić information content (AvgIpc) is 2.52. The maximum Gasteiger partial charge on any atom is 0.270 e. The van der Waals surface area contributed by atoms with Crippen LogP contribution in [0.5, 0.6) is 0 Å². The van der Waals surface area contributed by atoms with Gasteiger partial charge in [-0.15, -0.1) is 0 Å². The van der Waals surface area contributed by atoms with Gasteiger partial charge in [0.15, 0.2) is 0 Å². The third-order valence-corrected chi connectivity index (χ3v) is 3.46. The van der Waals surface area contributed by atoms with Crippen LogP contribution in [0.25, 0.3) is 0 Å². The molecule has 2 rings (SSSR count). The smallest absolute Gasteiger partial charge is 0.270 e.